The molecule has 3 nitrogen and oxygen atoms in total. The van der Waals surface area contributed by atoms with Gasteiger partial charge in [-0.1, -0.05) is 13.0 Å². The van der Waals surface area contributed by atoms with Gasteiger partial charge in [0.2, 0.25) is 5.91 Å². The zero-order valence-corrected chi connectivity index (χ0v) is 9.88. The summed E-state index contributed by atoms with van der Waals surface area (Å²) in [6.45, 7) is 3.92. The standard InChI is InChI=1S/C11H17NO2S/c1-8(7-13)9(2)12-11(14)6-10-4-3-5-15-10/h3-5,8-9,13H,6-7H2,1-2H3,(H,12,14). The van der Waals surface area contributed by atoms with Crippen molar-refractivity contribution in [1.82, 2.24) is 5.32 Å². The number of carbonyl (C=O) groups is 1. The molecule has 1 heterocycles. The second-order valence-electron chi connectivity index (χ2n) is 3.77. The summed E-state index contributed by atoms with van der Waals surface area (Å²) in [5.41, 5.74) is 0. The summed E-state index contributed by atoms with van der Waals surface area (Å²) in [5.74, 6) is 0.113. The summed E-state index contributed by atoms with van der Waals surface area (Å²) in [6, 6.07) is 3.90. The van der Waals surface area contributed by atoms with E-state index in [1.54, 1.807) is 11.3 Å². The normalized spacial score (nSPS) is 14.6. The summed E-state index contributed by atoms with van der Waals surface area (Å²) >= 11 is 1.58. The quantitative estimate of drug-likeness (QED) is 0.799. The van der Waals surface area contributed by atoms with Gasteiger partial charge in [-0.05, 0) is 24.3 Å². The van der Waals surface area contributed by atoms with Crippen molar-refractivity contribution >= 4 is 17.2 Å². The Morgan fingerprint density at radius 1 is 1.60 bits per heavy atom. The number of hydrogen-bond acceptors (Lipinski definition) is 3. The van der Waals surface area contributed by atoms with Gasteiger partial charge in [0.1, 0.15) is 0 Å². The largest absolute Gasteiger partial charge is 0.396 e. The Morgan fingerprint density at radius 2 is 2.33 bits per heavy atom. The number of thiophene rings is 1. The lowest BCUT2D eigenvalue weighted by molar-refractivity contribution is -0.121. The van der Waals surface area contributed by atoms with Gasteiger partial charge in [0.15, 0.2) is 0 Å². The van der Waals surface area contributed by atoms with E-state index in [0.29, 0.717) is 6.42 Å². The highest BCUT2D eigenvalue weighted by Gasteiger charge is 2.14. The van der Waals surface area contributed by atoms with Crippen LogP contribution in [-0.2, 0) is 11.2 Å². The van der Waals surface area contributed by atoms with Crippen LogP contribution in [0.15, 0.2) is 17.5 Å². The first kappa shape index (κ1) is 12.2. The predicted octanol–water partition coefficient (Wildman–Crippen LogP) is 1.42. The molecule has 2 unspecified atom stereocenters. The summed E-state index contributed by atoms with van der Waals surface area (Å²) in [5, 5.41) is 13.8. The Kier molecular flexibility index (Phi) is 4.78. The molecule has 1 aromatic rings. The molecule has 1 aromatic heterocycles. The van der Waals surface area contributed by atoms with E-state index in [1.807, 2.05) is 31.4 Å². The molecule has 0 fully saturated rings. The number of rotatable bonds is 5. The van der Waals surface area contributed by atoms with Crippen molar-refractivity contribution in [2.45, 2.75) is 26.3 Å². The zero-order valence-electron chi connectivity index (χ0n) is 9.06. The first-order chi connectivity index (χ1) is 7.13. The first-order valence-corrected chi connectivity index (χ1v) is 5.94. The molecule has 2 atom stereocenters. The molecule has 15 heavy (non-hydrogen) atoms. The lowest BCUT2D eigenvalue weighted by atomic mass is 10.1. The van der Waals surface area contributed by atoms with Crippen molar-refractivity contribution in [3.63, 3.8) is 0 Å². The van der Waals surface area contributed by atoms with Gasteiger partial charge in [0, 0.05) is 17.5 Å². The van der Waals surface area contributed by atoms with Crippen LogP contribution in [0.2, 0.25) is 0 Å². The third-order valence-electron chi connectivity index (χ3n) is 2.45. The minimum Gasteiger partial charge on any atom is -0.396 e. The number of nitrogens with one attached hydrogen (secondary N) is 1. The number of amides is 1. The van der Waals surface area contributed by atoms with Crippen LogP contribution in [0.25, 0.3) is 0 Å². The third kappa shape index (κ3) is 4.01. The van der Waals surface area contributed by atoms with Gasteiger partial charge in [-0.2, -0.15) is 0 Å². The van der Waals surface area contributed by atoms with E-state index in [-0.39, 0.29) is 24.5 Å². The number of hydrogen-bond donors (Lipinski definition) is 2. The van der Waals surface area contributed by atoms with Crippen LogP contribution in [0.5, 0.6) is 0 Å². The minimum atomic E-state index is 0.0162. The fraction of sp³-hybridized carbons (Fsp3) is 0.545. The summed E-state index contributed by atoms with van der Waals surface area (Å²) in [6.07, 6.45) is 0.431. The summed E-state index contributed by atoms with van der Waals surface area (Å²) in [7, 11) is 0. The Morgan fingerprint density at radius 3 is 2.87 bits per heavy atom. The minimum absolute atomic E-state index is 0.0162. The van der Waals surface area contributed by atoms with Crippen molar-refractivity contribution in [2.24, 2.45) is 5.92 Å². The van der Waals surface area contributed by atoms with Gasteiger partial charge < -0.3 is 10.4 Å². The van der Waals surface area contributed by atoms with E-state index in [2.05, 4.69) is 5.32 Å². The zero-order chi connectivity index (χ0) is 11.3. The van der Waals surface area contributed by atoms with Crippen LogP contribution >= 0.6 is 11.3 Å². The molecular formula is C11H17NO2S. The molecule has 1 amide bonds. The van der Waals surface area contributed by atoms with E-state index < -0.39 is 0 Å². The van der Waals surface area contributed by atoms with Crippen molar-refractivity contribution in [2.75, 3.05) is 6.61 Å². The van der Waals surface area contributed by atoms with Crippen molar-refractivity contribution < 1.29 is 9.90 Å². The average Bonchev–Trinajstić information content (AvgIpc) is 2.68. The molecule has 84 valence electrons. The fourth-order valence-electron chi connectivity index (χ4n) is 1.18. The number of aliphatic hydroxyl groups is 1. The van der Waals surface area contributed by atoms with Crippen molar-refractivity contribution in [3.05, 3.63) is 22.4 Å². The molecule has 0 aliphatic rings. The van der Waals surface area contributed by atoms with E-state index in [9.17, 15) is 4.79 Å². The van der Waals surface area contributed by atoms with E-state index in [4.69, 9.17) is 5.11 Å². The maximum atomic E-state index is 11.6. The van der Waals surface area contributed by atoms with E-state index >= 15 is 0 Å². The molecule has 2 N–H and O–H groups in total. The molecule has 0 saturated carbocycles. The van der Waals surface area contributed by atoms with Crippen LogP contribution in [0.1, 0.15) is 18.7 Å². The highest BCUT2D eigenvalue weighted by molar-refractivity contribution is 7.10. The van der Waals surface area contributed by atoms with E-state index in [0.717, 1.165) is 4.88 Å². The number of aliphatic hydroxyl groups excluding tert-OH is 1. The van der Waals surface area contributed by atoms with Crippen LogP contribution in [0.4, 0.5) is 0 Å². The average molecular weight is 227 g/mol. The maximum Gasteiger partial charge on any atom is 0.225 e. The highest BCUT2D eigenvalue weighted by Crippen LogP contribution is 2.09. The predicted molar refractivity (Wildman–Crippen MR) is 61.9 cm³/mol. The van der Waals surface area contributed by atoms with Gasteiger partial charge in [-0.25, -0.2) is 0 Å². The molecule has 0 aromatic carbocycles. The maximum absolute atomic E-state index is 11.6. The topological polar surface area (TPSA) is 49.3 Å². The summed E-state index contributed by atoms with van der Waals surface area (Å²) < 4.78 is 0. The lowest BCUT2D eigenvalue weighted by Gasteiger charge is -2.18. The van der Waals surface area contributed by atoms with Crippen LogP contribution in [0, 0.1) is 5.92 Å². The second kappa shape index (κ2) is 5.88. The summed E-state index contributed by atoms with van der Waals surface area (Å²) in [4.78, 5) is 12.6. The van der Waals surface area contributed by atoms with E-state index in [1.165, 1.54) is 0 Å². The molecule has 0 aliphatic carbocycles. The van der Waals surface area contributed by atoms with Crippen LogP contribution < -0.4 is 5.32 Å². The van der Waals surface area contributed by atoms with Crippen LogP contribution in [0.3, 0.4) is 0 Å². The molecular weight excluding hydrogens is 210 g/mol. The van der Waals surface area contributed by atoms with Gasteiger partial charge >= 0.3 is 0 Å². The molecule has 0 radical (unpaired) electrons. The van der Waals surface area contributed by atoms with Gasteiger partial charge in [-0.3, -0.25) is 4.79 Å². The monoisotopic (exact) mass is 227 g/mol. The molecule has 0 aliphatic heterocycles. The second-order valence-corrected chi connectivity index (χ2v) is 4.80. The van der Waals surface area contributed by atoms with Crippen molar-refractivity contribution in [1.29, 1.82) is 0 Å². The number of carbonyl (C=O) groups excluding carboxylic acids is 1. The Bertz CT molecular complexity index is 298. The lowest BCUT2D eigenvalue weighted by Crippen LogP contribution is -2.39. The molecule has 0 spiro atoms. The Hall–Kier alpha value is -0.870. The van der Waals surface area contributed by atoms with Crippen LogP contribution in [-0.4, -0.2) is 23.7 Å². The molecule has 0 saturated heterocycles. The van der Waals surface area contributed by atoms with Gasteiger partial charge in [-0.15, -0.1) is 11.3 Å². The van der Waals surface area contributed by atoms with Crippen molar-refractivity contribution in [3.8, 4) is 0 Å². The molecule has 0 bridgehead atoms. The molecule has 4 heteroatoms. The first-order valence-electron chi connectivity index (χ1n) is 5.06. The smallest absolute Gasteiger partial charge is 0.225 e. The highest BCUT2D eigenvalue weighted by atomic mass is 32.1. The Labute approximate surface area is 94.1 Å². The fourth-order valence-corrected chi connectivity index (χ4v) is 1.88. The third-order valence-corrected chi connectivity index (χ3v) is 3.32. The SMILES string of the molecule is CC(CO)C(C)NC(=O)Cc1cccs1. The van der Waals surface area contributed by atoms with Gasteiger partial charge in [0.05, 0.1) is 6.42 Å². The molecule has 1 rings (SSSR count). The van der Waals surface area contributed by atoms with Gasteiger partial charge in [0.25, 0.3) is 0 Å². The Balaban J connectivity index is 2.36.